The van der Waals surface area contributed by atoms with E-state index in [-0.39, 0.29) is 18.1 Å². The van der Waals surface area contributed by atoms with Crippen molar-refractivity contribution in [2.75, 3.05) is 31.1 Å². The van der Waals surface area contributed by atoms with Gasteiger partial charge in [-0.25, -0.2) is 0 Å². The molecule has 0 radical (unpaired) electrons. The zero-order chi connectivity index (χ0) is 18.5. The fraction of sp³-hybridized carbons (Fsp3) is 0.350. The Morgan fingerprint density at radius 1 is 1.04 bits per heavy atom. The first-order valence-corrected chi connectivity index (χ1v) is 8.65. The van der Waals surface area contributed by atoms with Crippen molar-refractivity contribution in [2.45, 2.75) is 20.0 Å². The van der Waals surface area contributed by atoms with E-state index in [0.29, 0.717) is 13.1 Å². The second-order valence-electron chi connectivity index (χ2n) is 6.35. The van der Waals surface area contributed by atoms with Crippen molar-refractivity contribution in [3.63, 3.8) is 0 Å². The number of ether oxygens (including phenoxy) is 1. The first kappa shape index (κ1) is 18.2. The summed E-state index contributed by atoms with van der Waals surface area (Å²) in [5.41, 5.74) is 3.24. The number of alkyl halides is 2. The van der Waals surface area contributed by atoms with E-state index in [2.05, 4.69) is 28.7 Å². The predicted octanol–water partition coefficient (Wildman–Crippen LogP) is 3.49. The zero-order valence-electron chi connectivity index (χ0n) is 14.7. The van der Waals surface area contributed by atoms with Crippen LogP contribution in [0.3, 0.4) is 0 Å². The van der Waals surface area contributed by atoms with Crippen LogP contribution < -0.4 is 9.64 Å². The number of rotatable bonds is 5. The molecule has 1 fully saturated rings. The molecule has 1 amide bonds. The van der Waals surface area contributed by atoms with Crippen molar-refractivity contribution in [3.05, 3.63) is 59.7 Å². The third-order valence-electron chi connectivity index (χ3n) is 4.59. The van der Waals surface area contributed by atoms with Crippen LogP contribution in [0.1, 0.15) is 11.1 Å². The fourth-order valence-electron chi connectivity index (χ4n) is 3.19. The lowest BCUT2D eigenvalue weighted by Crippen LogP contribution is -2.49. The van der Waals surface area contributed by atoms with Gasteiger partial charge in [-0.05, 0) is 36.2 Å². The molecular formula is C20H22F2N2O2. The Hall–Kier alpha value is -2.63. The van der Waals surface area contributed by atoms with Crippen molar-refractivity contribution >= 4 is 11.6 Å². The number of hydrogen-bond acceptors (Lipinski definition) is 3. The molecule has 6 heteroatoms. The molecule has 0 aliphatic carbocycles. The number of hydrogen-bond donors (Lipinski definition) is 0. The minimum Gasteiger partial charge on any atom is -0.435 e. The zero-order valence-corrected chi connectivity index (χ0v) is 14.7. The molecule has 2 aromatic carbocycles. The molecule has 0 bridgehead atoms. The molecule has 0 spiro atoms. The van der Waals surface area contributed by atoms with Gasteiger partial charge < -0.3 is 14.5 Å². The molecule has 1 heterocycles. The van der Waals surface area contributed by atoms with Crippen molar-refractivity contribution in [3.8, 4) is 5.75 Å². The van der Waals surface area contributed by atoms with Crippen LogP contribution in [0.15, 0.2) is 48.5 Å². The van der Waals surface area contributed by atoms with Gasteiger partial charge in [0, 0.05) is 31.9 Å². The van der Waals surface area contributed by atoms with Gasteiger partial charge in [-0.3, -0.25) is 4.79 Å². The molecule has 0 atom stereocenters. The summed E-state index contributed by atoms with van der Waals surface area (Å²) in [5, 5.41) is 0. The molecule has 3 rings (SSSR count). The van der Waals surface area contributed by atoms with Gasteiger partial charge in [-0.1, -0.05) is 30.3 Å². The van der Waals surface area contributed by atoms with Crippen molar-refractivity contribution in [2.24, 2.45) is 0 Å². The fourth-order valence-corrected chi connectivity index (χ4v) is 3.19. The predicted molar refractivity (Wildman–Crippen MR) is 96.8 cm³/mol. The van der Waals surface area contributed by atoms with E-state index < -0.39 is 6.61 Å². The lowest BCUT2D eigenvalue weighted by atomic mass is 10.1. The first-order chi connectivity index (χ1) is 12.5. The first-order valence-electron chi connectivity index (χ1n) is 8.65. The molecule has 0 N–H and O–H groups in total. The van der Waals surface area contributed by atoms with E-state index in [0.717, 1.165) is 18.7 Å². The molecule has 0 aromatic heterocycles. The number of carbonyl (C=O) groups excluding carboxylic acids is 1. The highest BCUT2D eigenvalue weighted by Crippen LogP contribution is 2.21. The van der Waals surface area contributed by atoms with Gasteiger partial charge in [0.05, 0.1) is 6.42 Å². The molecule has 1 saturated heterocycles. The lowest BCUT2D eigenvalue weighted by Gasteiger charge is -2.37. The third-order valence-corrected chi connectivity index (χ3v) is 4.59. The quantitative estimate of drug-likeness (QED) is 0.818. The van der Waals surface area contributed by atoms with E-state index in [1.54, 1.807) is 12.1 Å². The van der Waals surface area contributed by atoms with Crippen LogP contribution >= 0.6 is 0 Å². The second-order valence-corrected chi connectivity index (χ2v) is 6.35. The number of amides is 1. The van der Waals surface area contributed by atoms with Gasteiger partial charge in [0.2, 0.25) is 5.91 Å². The Morgan fingerprint density at radius 3 is 2.31 bits per heavy atom. The summed E-state index contributed by atoms with van der Waals surface area (Å²) in [6.07, 6.45) is 0.263. The summed E-state index contributed by atoms with van der Waals surface area (Å²) in [5.74, 6) is 0.153. The lowest BCUT2D eigenvalue weighted by molar-refractivity contribution is -0.130. The van der Waals surface area contributed by atoms with E-state index in [1.807, 2.05) is 17.0 Å². The Kier molecular flexibility index (Phi) is 5.71. The molecule has 0 unspecified atom stereocenters. The molecule has 2 aromatic rings. The monoisotopic (exact) mass is 360 g/mol. The topological polar surface area (TPSA) is 32.8 Å². The number of aryl methyl sites for hydroxylation is 1. The van der Waals surface area contributed by atoms with Crippen LogP contribution in [0.25, 0.3) is 0 Å². The highest BCUT2D eigenvalue weighted by atomic mass is 19.3. The summed E-state index contributed by atoms with van der Waals surface area (Å²) >= 11 is 0. The average molecular weight is 360 g/mol. The molecule has 0 saturated carbocycles. The molecular weight excluding hydrogens is 338 g/mol. The largest absolute Gasteiger partial charge is 0.435 e. The number of halogens is 2. The minimum atomic E-state index is -2.84. The van der Waals surface area contributed by atoms with Gasteiger partial charge in [0.15, 0.2) is 0 Å². The highest BCUT2D eigenvalue weighted by molar-refractivity contribution is 5.79. The molecule has 1 aliphatic heterocycles. The number of benzene rings is 2. The van der Waals surface area contributed by atoms with Crippen LogP contribution in [-0.2, 0) is 11.2 Å². The maximum absolute atomic E-state index is 12.5. The second kappa shape index (κ2) is 8.17. The highest BCUT2D eigenvalue weighted by Gasteiger charge is 2.22. The van der Waals surface area contributed by atoms with Crippen LogP contribution in [0.5, 0.6) is 5.75 Å². The van der Waals surface area contributed by atoms with Gasteiger partial charge in [-0.15, -0.1) is 0 Å². The van der Waals surface area contributed by atoms with Crippen LogP contribution in [-0.4, -0.2) is 43.6 Å². The Morgan fingerprint density at radius 2 is 1.69 bits per heavy atom. The van der Waals surface area contributed by atoms with E-state index in [9.17, 15) is 13.6 Å². The maximum atomic E-state index is 12.5. The van der Waals surface area contributed by atoms with Gasteiger partial charge >= 0.3 is 6.61 Å². The summed E-state index contributed by atoms with van der Waals surface area (Å²) in [6, 6.07) is 14.5. The molecule has 4 nitrogen and oxygen atoms in total. The number of para-hydroxylation sites is 1. The van der Waals surface area contributed by atoms with Crippen LogP contribution in [0.4, 0.5) is 14.5 Å². The summed E-state index contributed by atoms with van der Waals surface area (Å²) in [7, 11) is 0. The number of carbonyl (C=O) groups is 1. The standard InChI is InChI=1S/C20H22F2N2O2/c1-15-4-2-3-5-18(15)23-10-12-24(13-11-23)19(25)14-16-6-8-17(9-7-16)26-20(21)22/h2-9,20H,10-14H2,1H3. The van der Waals surface area contributed by atoms with Crippen LogP contribution in [0, 0.1) is 6.92 Å². The van der Waals surface area contributed by atoms with Crippen molar-refractivity contribution in [1.29, 1.82) is 0 Å². The molecule has 1 aliphatic rings. The normalized spacial score (nSPS) is 14.6. The van der Waals surface area contributed by atoms with E-state index >= 15 is 0 Å². The van der Waals surface area contributed by atoms with Gasteiger partial charge in [0.25, 0.3) is 0 Å². The Bertz CT molecular complexity index is 742. The van der Waals surface area contributed by atoms with E-state index in [4.69, 9.17) is 0 Å². The van der Waals surface area contributed by atoms with Gasteiger partial charge in [0.1, 0.15) is 5.75 Å². The summed E-state index contributed by atoms with van der Waals surface area (Å²) < 4.78 is 28.7. The Labute approximate surface area is 152 Å². The smallest absolute Gasteiger partial charge is 0.387 e. The number of nitrogens with zero attached hydrogens (tertiary/aromatic N) is 2. The van der Waals surface area contributed by atoms with E-state index in [1.165, 1.54) is 23.4 Å². The number of piperazine rings is 1. The van der Waals surface area contributed by atoms with Gasteiger partial charge in [-0.2, -0.15) is 8.78 Å². The molecule has 138 valence electrons. The maximum Gasteiger partial charge on any atom is 0.387 e. The minimum absolute atomic E-state index is 0.0527. The Balaban J connectivity index is 1.53. The molecule has 26 heavy (non-hydrogen) atoms. The van der Waals surface area contributed by atoms with Crippen LogP contribution in [0.2, 0.25) is 0 Å². The number of anilines is 1. The summed E-state index contributed by atoms with van der Waals surface area (Å²) in [6.45, 7) is 2.22. The van der Waals surface area contributed by atoms with Crippen molar-refractivity contribution in [1.82, 2.24) is 4.90 Å². The summed E-state index contributed by atoms with van der Waals surface area (Å²) in [4.78, 5) is 16.7. The third kappa shape index (κ3) is 4.50. The SMILES string of the molecule is Cc1ccccc1N1CCN(C(=O)Cc2ccc(OC(F)F)cc2)CC1. The van der Waals surface area contributed by atoms with Crippen molar-refractivity contribution < 1.29 is 18.3 Å². The average Bonchev–Trinajstić information content (AvgIpc) is 2.63.